The molecule has 1 N–H and O–H groups in total. The van der Waals surface area contributed by atoms with Crippen LogP contribution in [0.1, 0.15) is 34.5 Å². The first-order chi connectivity index (χ1) is 16.6. The van der Waals surface area contributed by atoms with Gasteiger partial charge in [-0.25, -0.2) is 0 Å². The lowest BCUT2D eigenvalue weighted by Crippen LogP contribution is -2.36. The lowest BCUT2D eigenvalue weighted by molar-refractivity contribution is -0.137. The van der Waals surface area contributed by atoms with E-state index in [-0.39, 0.29) is 5.02 Å². The molecule has 10 heteroatoms. The van der Waals surface area contributed by atoms with Gasteiger partial charge in [0.05, 0.1) is 22.7 Å². The van der Waals surface area contributed by atoms with Crippen LogP contribution in [0.15, 0.2) is 60.8 Å². The number of anilines is 1. The first-order valence-corrected chi connectivity index (χ1v) is 11.3. The van der Waals surface area contributed by atoms with Crippen LogP contribution in [0.2, 0.25) is 5.02 Å². The number of amides is 1. The summed E-state index contributed by atoms with van der Waals surface area (Å²) in [7, 11) is 0. The molecule has 4 nitrogen and oxygen atoms in total. The zero-order chi connectivity index (χ0) is 25.2. The summed E-state index contributed by atoms with van der Waals surface area (Å²) in [5.41, 5.74) is -0.378. The Hall–Kier alpha value is -3.20. The van der Waals surface area contributed by atoms with Crippen LogP contribution in [0.3, 0.4) is 0 Å². The number of hydrogen-bond acceptors (Lipinski definition) is 3. The second-order valence-electron chi connectivity index (χ2n) is 8.23. The molecule has 2 heterocycles. The SMILES string of the molecule is O=C(NCC(F)(F)c1ncc(-c2ccc(N3CCCC3)cc2)cc1Cl)c1ccccc1C(F)(F)F. The zero-order valence-corrected chi connectivity index (χ0v) is 19.1. The van der Waals surface area contributed by atoms with E-state index < -0.39 is 41.4 Å². The van der Waals surface area contributed by atoms with Gasteiger partial charge in [-0.3, -0.25) is 9.78 Å². The van der Waals surface area contributed by atoms with Crippen molar-refractivity contribution in [2.45, 2.75) is 24.9 Å². The molecule has 1 aliphatic rings. The summed E-state index contributed by atoms with van der Waals surface area (Å²) in [6.45, 7) is 0.721. The van der Waals surface area contributed by atoms with E-state index in [1.807, 2.05) is 29.6 Å². The summed E-state index contributed by atoms with van der Waals surface area (Å²) in [4.78, 5) is 18.3. The standard InChI is InChI=1S/C25H21ClF5N3O/c26-21-13-17(16-7-9-18(10-8-16)34-11-3-4-12-34)14-32-22(21)24(27,28)15-33-23(35)19-5-1-2-6-20(19)25(29,30)31/h1-2,5-10,13-14H,3-4,11-12,15H2,(H,33,35). The highest BCUT2D eigenvalue weighted by Crippen LogP contribution is 2.35. The Kier molecular flexibility index (Phi) is 6.98. The van der Waals surface area contributed by atoms with Crippen molar-refractivity contribution in [1.29, 1.82) is 0 Å². The van der Waals surface area contributed by atoms with Crippen LogP contribution in [-0.2, 0) is 12.1 Å². The molecule has 0 atom stereocenters. The van der Waals surface area contributed by atoms with E-state index in [0.717, 1.165) is 49.3 Å². The number of nitrogens with one attached hydrogen (secondary N) is 1. The highest BCUT2D eigenvalue weighted by atomic mass is 35.5. The Labute approximate surface area is 203 Å². The molecule has 35 heavy (non-hydrogen) atoms. The maximum absolute atomic E-state index is 14.8. The van der Waals surface area contributed by atoms with E-state index in [0.29, 0.717) is 11.6 Å². The molecule has 1 fully saturated rings. The summed E-state index contributed by atoms with van der Waals surface area (Å²) in [6.07, 6.45) is -1.26. The van der Waals surface area contributed by atoms with Crippen LogP contribution in [0.4, 0.5) is 27.6 Å². The Morgan fingerprint density at radius 2 is 1.63 bits per heavy atom. The molecule has 0 spiro atoms. The van der Waals surface area contributed by atoms with Gasteiger partial charge in [-0.05, 0) is 48.7 Å². The van der Waals surface area contributed by atoms with Gasteiger partial charge in [0.25, 0.3) is 5.91 Å². The topological polar surface area (TPSA) is 45.2 Å². The van der Waals surface area contributed by atoms with Crippen LogP contribution in [0.25, 0.3) is 11.1 Å². The highest BCUT2D eigenvalue weighted by Gasteiger charge is 2.38. The van der Waals surface area contributed by atoms with Crippen molar-refractivity contribution >= 4 is 23.2 Å². The molecule has 0 unspecified atom stereocenters. The van der Waals surface area contributed by atoms with Gasteiger partial charge in [0.15, 0.2) is 0 Å². The molecule has 0 radical (unpaired) electrons. The summed E-state index contributed by atoms with van der Waals surface area (Å²) < 4.78 is 69.0. The van der Waals surface area contributed by atoms with Crippen molar-refractivity contribution in [3.05, 3.63) is 82.6 Å². The van der Waals surface area contributed by atoms with Gasteiger partial charge < -0.3 is 10.2 Å². The predicted octanol–water partition coefficient (Wildman–Crippen LogP) is 6.54. The monoisotopic (exact) mass is 509 g/mol. The summed E-state index contributed by atoms with van der Waals surface area (Å²) in [6, 6.07) is 12.9. The molecular weight excluding hydrogens is 489 g/mol. The summed E-state index contributed by atoms with van der Waals surface area (Å²) in [5.74, 6) is -4.98. The second-order valence-corrected chi connectivity index (χ2v) is 8.63. The Bertz CT molecular complexity index is 1210. The number of carbonyl (C=O) groups excluding carboxylic acids is 1. The first kappa shape index (κ1) is 24.9. The third-order valence-electron chi connectivity index (χ3n) is 5.81. The first-order valence-electron chi connectivity index (χ1n) is 10.9. The molecule has 0 aliphatic carbocycles. The quantitative estimate of drug-likeness (QED) is 0.384. The van der Waals surface area contributed by atoms with Crippen molar-refractivity contribution < 1.29 is 26.7 Å². The van der Waals surface area contributed by atoms with Crippen LogP contribution in [-0.4, -0.2) is 30.5 Å². The van der Waals surface area contributed by atoms with Gasteiger partial charge in [-0.1, -0.05) is 35.9 Å². The number of benzene rings is 2. The van der Waals surface area contributed by atoms with E-state index in [9.17, 15) is 26.7 Å². The van der Waals surface area contributed by atoms with Crippen molar-refractivity contribution in [3.8, 4) is 11.1 Å². The lowest BCUT2D eigenvalue weighted by Gasteiger charge is -2.19. The minimum absolute atomic E-state index is 0.318. The van der Waals surface area contributed by atoms with Crippen molar-refractivity contribution in [2.75, 3.05) is 24.5 Å². The number of rotatable bonds is 6. The van der Waals surface area contributed by atoms with Crippen molar-refractivity contribution in [3.63, 3.8) is 0 Å². The molecule has 0 bridgehead atoms. The fraction of sp³-hybridized carbons (Fsp3) is 0.280. The molecule has 1 aromatic heterocycles. The van der Waals surface area contributed by atoms with Crippen LogP contribution < -0.4 is 10.2 Å². The summed E-state index contributed by atoms with van der Waals surface area (Å²) in [5, 5.41) is 1.55. The molecule has 2 aromatic carbocycles. The molecule has 184 valence electrons. The number of halogens is 6. The van der Waals surface area contributed by atoms with Gasteiger partial charge in [-0.2, -0.15) is 22.0 Å². The number of hydrogen-bond donors (Lipinski definition) is 1. The van der Waals surface area contributed by atoms with E-state index in [1.165, 1.54) is 18.3 Å². The van der Waals surface area contributed by atoms with E-state index in [4.69, 9.17) is 11.6 Å². The van der Waals surface area contributed by atoms with E-state index in [2.05, 4.69) is 9.88 Å². The third-order valence-corrected chi connectivity index (χ3v) is 6.10. The van der Waals surface area contributed by atoms with Crippen molar-refractivity contribution in [2.24, 2.45) is 0 Å². The van der Waals surface area contributed by atoms with Gasteiger partial charge in [0, 0.05) is 30.5 Å². The predicted molar refractivity (Wildman–Crippen MR) is 124 cm³/mol. The number of alkyl halides is 5. The van der Waals surface area contributed by atoms with Crippen LogP contribution >= 0.6 is 11.6 Å². The summed E-state index contributed by atoms with van der Waals surface area (Å²) >= 11 is 6.10. The molecule has 4 rings (SSSR count). The van der Waals surface area contributed by atoms with E-state index >= 15 is 0 Å². The number of carbonyl (C=O) groups is 1. The average molecular weight is 510 g/mol. The molecule has 1 aliphatic heterocycles. The van der Waals surface area contributed by atoms with Gasteiger partial charge in [-0.15, -0.1) is 0 Å². The smallest absolute Gasteiger partial charge is 0.372 e. The van der Waals surface area contributed by atoms with E-state index in [1.54, 1.807) is 0 Å². The Morgan fingerprint density at radius 3 is 2.26 bits per heavy atom. The molecular formula is C25H21ClF5N3O. The molecule has 1 saturated heterocycles. The minimum Gasteiger partial charge on any atom is -0.372 e. The number of pyridine rings is 1. The van der Waals surface area contributed by atoms with Crippen LogP contribution in [0.5, 0.6) is 0 Å². The maximum atomic E-state index is 14.8. The van der Waals surface area contributed by atoms with Crippen molar-refractivity contribution in [1.82, 2.24) is 10.3 Å². The number of nitrogens with zero attached hydrogens (tertiary/aromatic N) is 2. The normalized spacial score (nSPS) is 14.3. The highest BCUT2D eigenvalue weighted by molar-refractivity contribution is 6.31. The zero-order valence-electron chi connectivity index (χ0n) is 18.4. The lowest BCUT2D eigenvalue weighted by atomic mass is 10.1. The van der Waals surface area contributed by atoms with Gasteiger partial charge in [0.1, 0.15) is 5.69 Å². The van der Waals surface area contributed by atoms with Gasteiger partial charge >= 0.3 is 12.1 Å². The minimum atomic E-state index is -4.80. The average Bonchev–Trinajstić information content (AvgIpc) is 3.37. The number of aromatic nitrogens is 1. The fourth-order valence-corrected chi connectivity index (χ4v) is 4.31. The van der Waals surface area contributed by atoms with Gasteiger partial charge in [0.2, 0.25) is 0 Å². The second kappa shape index (κ2) is 9.81. The fourth-order valence-electron chi connectivity index (χ4n) is 4.00. The third kappa shape index (κ3) is 5.56. The van der Waals surface area contributed by atoms with Crippen LogP contribution in [0, 0.1) is 0 Å². The molecule has 3 aromatic rings. The Balaban J connectivity index is 1.47. The Morgan fingerprint density at radius 1 is 0.971 bits per heavy atom. The maximum Gasteiger partial charge on any atom is 0.417 e. The molecule has 1 amide bonds. The molecule has 0 saturated carbocycles. The largest absolute Gasteiger partial charge is 0.417 e.